The molecule has 0 aliphatic rings. The highest BCUT2D eigenvalue weighted by atomic mass is 35.5. The number of H-pyrrole nitrogens is 1. The highest BCUT2D eigenvalue weighted by Crippen LogP contribution is 2.31. The lowest BCUT2D eigenvalue weighted by Crippen LogP contribution is -2.16. The summed E-state index contributed by atoms with van der Waals surface area (Å²) >= 11 is 17.6. The van der Waals surface area contributed by atoms with Crippen LogP contribution in [0.25, 0.3) is 11.4 Å². The number of nitrogens with one attached hydrogen (secondary N) is 2. The minimum absolute atomic E-state index is 0.304. The van der Waals surface area contributed by atoms with Crippen molar-refractivity contribution in [2.24, 2.45) is 0 Å². The largest absolute Gasteiger partial charge is 0.490 e. The molecular weight excluding hydrogens is 479 g/mol. The Morgan fingerprint density at radius 1 is 1.00 bits per heavy atom. The average molecular weight is 501 g/mol. The fraction of sp³-hybridized carbons (Fsp3) is 0.167. The molecule has 1 aromatic heterocycles. The smallest absolute Gasteiger partial charge is 0.214 e. The van der Waals surface area contributed by atoms with Crippen LogP contribution in [0.3, 0.4) is 0 Å². The van der Waals surface area contributed by atoms with E-state index in [1.54, 1.807) is 16.8 Å². The summed E-state index contributed by atoms with van der Waals surface area (Å²) in [5, 5.41) is 8.34. The van der Waals surface area contributed by atoms with Gasteiger partial charge in [-0.1, -0.05) is 65.7 Å². The number of aromatic nitrogens is 3. The Morgan fingerprint density at radius 2 is 1.82 bits per heavy atom. The van der Waals surface area contributed by atoms with Crippen LogP contribution in [0.2, 0.25) is 10.0 Å². The predicted octanol–water partition coefficient (Wildman–Crippen LogP) is 6.64. The van der Waals surface area contributed by atoms with Gasteiger partial charge in [-0.05, 0) is 49.0 Å². The van der Waals surface area contributed by atoms with Crippen LogP contribution in [0.15, 0.2) is 66.7 Å². The maximum absolute atomic E-state index is 6.26. The number of hydrogen-bond donors (Lipinski definition) is 2. The van der Waals surface area contributed by atoms with Crippen LogP contribution in [-0.4, -0.2) is 21.5 Å². The van der Waals surface area contributed by atoms with Crippen LogP contribution in [0.4, 0.5) is 0 Å². The molecule has 0 saturated heterocycles. The van der Waals surface area contributed by atoms with Crippen molar-refractivity contribution in [1.82, 2.24) is 14.9 Å². The van der Waals surface area contributed by atoms with Crippen LogP contribution in [0, 0.1) is 4.77 Å². The van der Waals surface area contributed by atoms with E-state index in [0.717, 1.165) is 16.7 Å². The maximum atomic E-state index is 6.26. The average Bonchev–Trinajstić information content (AvgIpc) is 3.19. The lowest BCUT2D eigenvalue weighted by atomic mass is 10.2. The molecule has 4 rings (SSSR count). The molecule has 3 aromatic carbocycles. The van der Waals surface area contributed by atoms with E-state index >= 15 is 0 Å². The van der Waals surface area contributed by atoms with Crippen molar-refractivity contribution in [2.45, 2.75) is 20.1 Å². The lowest BCUT2D eigenvalue weighted by Gasteiger charge is -2.15. The first-order chi connectivity index (χ1) is 16.0. The molecule has 1 heterocycles. The molecule has 33 heavy (non-hydrogen) atoms. The van der Waals surface area contributed by atoms with Crippen molar-refractivity contribution >= 4 is 35.4 Å². The van der Waals surface area contributed by atoms with E-state index in [0.29, 0.717) is 51.9 Å². The fourth-order valence-electron chi connectivity index (χ4n) is 3.24. The number of rotatable bonds is 9. The molecule has 0 bridgehead atoms. The summed E-state index contributed by atoms with van der Waals surface area (Å²) in [7, 11) is 0. The molecule has 0 saturated carbocycles. The van der Waals surface area contributed by atoms with Crippen LogP contribution in [0.1, 0.15) is 18.1 Å². The predicted molar refractivity (Wildman–Crippen MR) is 134 cm³/mol. The van der Waals surface area contributed by atoms with Crippen LogP contribution in [-0.2, 0) is 13.2 Å². The molecule has 0 spiro atoms. The topological polar surface area (TPSA) is 64.1 Å². The van der Waals surface area contributed by atoms with Gasteiger partial charge in [-0.3, -0.25) is 0 Å². The summed E-state index contributed by atoms with van der Waals surface area (Å²) in [5.74, 6) is 2.00. The summed E-state index contributed by atoms with van der Waals surface area (Å²) in [4.78, 5) is 0. The van der Waals surface area contributed by atoms with Gasteiger partial charge in [-0.2, -0.15) is 5.10 Å². The van der Waals surface area contributed by atoms with Gasteiger partial charge in [-0.15, -0.1) is 0 Å². The van der Waals surface area contributed by atoms with Crippen LogP contribution >= 0.6 is 35.4 Å². The van der Waals surface area contributed by atoms with Crippen molar-refractivity contribution in [3.63, 3.8) is 0 Å². The molecule has 0 aliphatic carbocycles. The van der Waals surface area contributed by atoms with Gasteiger partial charge in [0.15, 0.2) is 17.3 Å². The van der Waals surface area contributed by atoms with Crippen LogP contribution in [0.5, 0.6) is 11.5 Å². The highest BCUT2D eigenvalue weighted by molar-refractivity contribution is 7.71. The minimum Gasteiger partial charge on any atom is -0.490 e. The first-order valence-corrected chi connectivity index (χ1v) is 11.5. The quantitative estimate of drug-likeness (QED) is 0.252. The van der Waals surface area contributed by atoms with E-state index in [-0.39, 0.29) is 0 Å². The second-order valence-electron chi connectivity index (χ2n) is 7.13. The SMILES string of the molecule is CCOc1cc(CNn2c(-c3ccccc3)n[nH]c2=S)ccc1OCc1ccc(Cl)cc1Cl. The van der Waals surface area contributed by atoms with E-state index in [1.807, 2.05) is 61.5 Å². The molecule has 0 radical (unpaired) electrons. The number of hydrogen-bond acceptors (Lipinski definition) is 5. The van der Waals surface area contributed by atoms with Gasteiger partial charge in [0.05, 0.1) is 13.2 Å². The van der Waals surface area contributed by atoms with E-state index in [9.17, 15) is 0 Å². The number of benzene rings is 3. The highest BCUT2D eigenvalue weighted by Gasteiger charge is 2.11. The van der Waals surface area contributed by atoms with Gasteiger partial charge in [-0.25, -0.2) is 9.77 Å². The zero-order valence-corrected chi connectivity index (χ0v) is 20.2. The molecule has 170 valence electrons. The van der Waals surface area contributed by atoms with Gasteiger partial charge in [0, 0.05) is 21.2 Å². The molecule has 0 atom stereocenters. The van der Waals surface area contributed by atoms with Gasteiger partial charge in [0.1, 0.15) is 6.61 Å². The molecule has 0 fully saturated rings. The van der Waals surface area contributed by atoms with Crippen molar-refractivity contribution in [1.29, 1.82) is 0 Å². The Balaban J connectivity index is 1.49. The molecule has 6 nitrogen and oxygen atoms in total. The second-order valence-corrected chi connectivity index (χ2v) is 8.36. The third-order valence-electron chi connectivity index (χ3n) is 4.85. The van der Waals surface area contributed by atoms with E-state index in [2.05, 4.69) is 15.6 Å². The Hall–Kier alpha value is -3.00. The molecule has 0 unspecified atom stereocenters. The van der Waals surface area contributed by atoms with Gasteiger partial charge in [0.2, 0.25) is 4.77 Å². The number of aromatic amines is 1. The number of ether oxygens (including phenoxy) is 2. The van der Waals surface area contributed by atoms with Crippen molar-refractivity contribution < 1.29 is 9.47 Å². The zero-order valence-electron chi connectivity index (χ0n) is 17.8. The van der Waals surface area contributed by atoms with Crippen molar-refractivity contribution in [3.05, 3.63) is 92.7 Å². The van der Waals surface area contributed by atoms with Gasteiger partial charge < -0.3 is 14.9 Å². The molecule has 0 aliphatic heterocycles. The molecule has 9 heteroatoms. The molecular formula is C24H22Cl2N4O2S. The van der Waals surface area contributed by atoms with E-state index in [1.165, 1.54) is 0 Å². The minimum atomic E-state index is 0.304. The van der Waals surface area contributed by atoms with Crippen LogP contribution < -0.4 is 14.9 Å². The first-order valence-electron chi connectivity index (χ1n) is 10.3. The normalized spacial score (nSPS) is 10.8. The summed E-state index contributed by atoms with van der Waals surface area (Å²) in [6, 6.07) is 21.0. The Labute approximate surface area is 207 Å². The summed E-state index contributed by atoms with van der Waals surface area (Å²) in [6.07, 6.45) is 0. The molecule has 2 N–H and O–H groups in total. The third-order valence-corrected chi connectivity index (χ3v) is 5.71. The Morgan fingerprint density at radius 3 is 2.58 bits per heavy atom. The second kappa shape index (κ2) is 10.7. The summed E-state index contributed by atoms with van der Waals surface area (Å²) in [6.45, 7) is 3.26. The van der Waals surface area contributed by atoms with Crippen molar-refractivity contribution in [3.8, 4) is 22.9 Å². The van der Waals surface area contributed by atoms with Gasteiger partial charge >= 0.3 is 0 Å². The van der Waals surface area contributed by atoms with Crippen molar-refractivity contribution in [2.75, 3.05) is 12.0 Å². The summed E-state index contributed by atoms with van der Waals surface area (Å²) < 4.78 is 14.1. The maximum Gasteiger partial charge on any atom is 0.214 e. The molecule has 0 amide bonds. The third kappa shape index (κ3) is 5.68. The fourth-order valence-corrected chi connectivity index (χ4v) is 3.90. The monoisotopic (exact) mass is 500 g/mol. The van der Waals surface area contributed by atoms with E-state index in [4.69, 9.17) is 44.9 Å². The molecule has 4 aromatic rings. The Kier molecular flexibility index (Phi) is 7.54. The van der Waals surface area contributed by atoms with E-state index < -0.39 is 0 Å². The zero-order chi connectivity index (χ0) is 23.2. The summed E-state index contributed by atoms with van der Waals surface area (Å²) in [5.41, 5.74) is 6.13. The standard InChI is InChI=1S/C24H22Cl2N4O2S/c1-2-31-22-12-16(8-11-21(22)32-15-18-9-10-19(25)13-20(18)26)14-27-30-23(28-29-24(30)33)17-6-4-3-5-7-17/h3-13,27H,2,14-15H2,1H3,(H,29,33). The first kappa shape index (κ1) is 23.2. The van der Waals surface area contributed by atoms with Gasteiger partial charge in [0.25, 0.3) is 0 Å². The number of halogens is 2. The number of nitrogens with zero attached hydrogens (tertiary/aromatic N) is 2. The Bertz CT molecular complexity index is 1290. The lowest BCUT2D eigenvalue weighted by molar-refractivity contribution is 0.269.